The van der Waals surface area contributed by atoms with E-state index in [9.17, 15) is 0 Å². The molecule has 0 bridgehead atoms. The molecule has 0 saturated heterocycles. The van der Waals surface area contributed by atoms with Crippen LogP contribution in [0.25, 0.3) is 0 Å². The standard InChI is InChI=1S/C22H30N4O2S2/c1-27-19-11-7-17(8-12-19)25-21(29)23-15-5-3-4-6-16-24-22(30)26-18-9-13-20(28-2)14-10-18/h7-14H,3-6,15-16H2,1-2H3,(H2,23,25,29)(H2,24,26,30). The number of hydrogen-bond donors (Lipinski definition) is 4. The van der Waals surface area contributed by atoms with Crippen molar-refractivity contribution in [3.63, 3.8) is 0 Å². The van der Waals surface area contributed by atoms with E-state index in [1.54, 1.807) is 14.2 Å². The van der Waals surface area contributed by atoms with Crippen LogP contribution in [0.15, 0.2) is 48.5 Å². The highest BCUT2D eigenvalue weighted by atomic mass is 32.1. The maximum atomic E-state index is 5.32. The van der Waals surface area contributed by atoms with E-state index in [1.165, 1.54) is 0 Å². The summed E-state index contributed by atoms with van der Waals surface area (Å²) in [5.74, 6) is 1.65. The second kappa shape index (κ2) is 13.6. The summed E-state index contributed by atoms with van der Waals surface area (Å²) in [7, 11) is 3.30. The number of thiocarbonyl (C=S) groups is 2. The van der Waals surface area contributed by atoms with Crippen LogP contribution in [0.1, 0.15) is 25.7 Å². The van der Waals surface area contributed by atoms with Gasteiger partial charge in [-0.05, 0) is 85.8 Å². The lowest BCUT2D eigenvalue weighted by Gasteiger charge is -2.12. The van der Waals surface area contributed by atoms with Crippen LogP contribution in [-0.2, 0) is 0 Å². The molecule has 30 heavy (non-hydrogen) atoms. The Morgan fingerprint density at radius 1 is 0.633 bits per heavy atom. The quantitative estimate of drug-likeness (QED) is 0.296. The Morgan fingerprint density at radius 3 is 1.33 bits per heavy atom. The predicted molar refractivity (Wildman–Crippen MR) is 133 cm³/mol. The number of rotatable bonds is 11. The van der Waals surface area contributed by atoms with E-state index in [0.29, 0.717) is 10.2 Å². The lowest BCUT2D eigenvalue weighted by molar-refractivity contribution is 0.415. The summed E-state index contributed by atoms with van der Waals surface area (Å²) in [5.41, 5.74) is 1.89. The zero-order valence-corrected chi connectivity index (χ0v) is 19.1. The number of anilines is 2. The summed E-state index contributed by atoms with van der Waals surface area (Å²) in [5, 5.41) is 14.1. The van der Waals surface area contributed by atoms with E-state index >= 15 is 0 Å². The lowest BCUT2D eigenvalue weighted by atomic mass is 10.2. The molecule has 4 N–H and O–H groups in total. The third-order valence-corrected chi connectivity index (χ3v) is 4.86. The topological polar surface area (TPSA) is 66.6 Å². The van der Waals surface area contributed by atoms with Gasteiger partial charge in [0.15, 0.2) is 10.2 Å². The van der Waals surface area contributed by atoms with Gasteiger partial charge in [0.2, 0.25) is 0 Å². The number of nitrogens with one attached hydrogen (secondary N) is 4. The largest absolute Gasteiger partial charge is 0.497 e. The van der Waals surface area contributed by atoms with Crippen LogP contribution in [-0.4, -0.2) is 37.5 Å². The minimum atomic E-state index is 0.636. The average Bonchev–Trinajstić information content (AvgIpc) is 2.76. The van der Waals surface area contributed by atoms with Crippen molar-refractivity contribution in [2.75, 3.05) is 37.9 Å². The van der Waals surface area contributed by atoms with Crippen molar-refractivity contribution in [2.24, 2.45) is 0 Å². The molecule has 0 spiro atoms. The molecule has 8 heteroatoms. The number of unbranched alkanes of at least 4 members (excludes halogenated alkanes) is 3. The summed E-state index contributed by atoms with van der Waals surface area (Å²) >= 11 is 10.6. The Bertz CT molecular complexity index is 715. The molecule has 2 rings (SSSR count). The molecule has 0 aromatic heterocycles. The molecule has 0 radical (unpaired) electrons. The van der Waals surface area contributed by atoms with Crippen molar-refractivity contribution in [1.29, 1.82) is 0 Å². The van der Waals surface area contributed by atoms with Crippen LogP contribution < -0.4 is 30.7 Å². The first-order chi connectivity index (χ1) is 14.6. The first-order valence-corrected chi connectivity index (χ1v) is 10.8. The molecule has 0 saturated carbocycles. The molecule has 0 aliphatic carbocycles. The molecule has 0 heterocycles. The van der Waals surface area contributed by atoms with Crippen LogP contribution in [0.2, 0.25) is 0 Å². The van der Waals surface area contributed by atoms with Crippen molar-refractivity contribution in [1.82, 2.24) is 10.6 Å². The molecular weight excluding hydrogens is 416 g/mol. The van der Waals surface area contributed by atoms with Gasteiger partial charge < -0.3 is 30.7 Å². The van der Waals surface area contributed by atoms with Crippen LogP contribution >= 0.6 is 24.4 Å². The lowest BCUT2D eigenvalue weighted by Crippen LogP contribution is -2.29. The zero-order chi connectivity index (χ0) is 21.6. The normalized spacial score (nSPS) is 10.1. The number of benzene rings is 2. The van der Waals surface area contributed by atoms with Gasteiger partial charge in [0, 0.05) is 24.5 Å². The molecule has 162 valence electrons. The summed E-state index contributed by atoms with van der Waals surface area (Å²) in [4.78, 5) is 0. The van der Waals surface area contributed by atoms with Crippen molar-refractivity contribution in [3.8, 4) is 11.5 Å². The fourth-order valence-corrected chi connectivity index (χ4v) is 3.15. The molecule has 0 aliphatic heterocycles. The third kappa shape index (κ3) is 9.28. The minimum absolute atomic E-state index is 0.636. The van der Waals surface area contributed by atoms with E-state index in [0.717, 1.165) is 61.6 Å². The van der Waals surface area contributed by atoms with Gasteiger partial charge in [-0.15, -0.1) is 0 Å². The first-order valence-electron chi connectivity index (χ1n) is 9.98. The van der Waals surface area contributed by atoms with Crippen molar-refractivity contribution in [3.05, 3.63) is 48.5 Å². The Balaban J connectivity index is 1.47. The van der Waals surface area contributed by atoms with Gasteiger partial charge in [0.05, 0.1) is 14.2 Å². The van der Waals surface area contributed by atoms with Gasteiger partial charge in [-0.1, -0.05) is 12.8 Å². The highest BCUT2D eigenvalue weighted by Crippen LogP contribution is 2.15. The van der Waals surface area contributed by atoms with Crippen LogP contribution in [0.3, 0.4) is 0 Å². The highest BCUT2D eigenvalue weighted by molar-refractivity contribution is 7.80. The number of hydrogen-bond acceptors (Lipinski definition) is 4. The van der Waals surface area contributed by atoms with Crippen LogP contribution in [0, 0.1) is 0 Å². The molecule has 6 nitrogen and oxygen atoms in total. The molecule has 2 aromatic carbocycles. The maximum absolute atomic E-state index is 5.32. The van der Waals surface area contributed by atoms with E-state index in [2.05, 4.69) is 21.3 Å². The van der Waals surface area contributed by atoms with Gasteiger partial charge in [0.25, 0.3) is 0 Å². The summed E-state index contributed by atoms with van der Waals surface area (Å²) in [6, 6.07) is 15.4. The summed E-state index contributed by atoms with van der Waals surface area (Å²) in [6.45, 7) is 1.71. The van der Waals surface area contributed by atoms with Gasteiger partial charge in [-0.2, -0.15) is 0 Å². The van der Waals surface area contributed by atoms with Gasteiger partial charge in [-0.3, -0.25) is 0 Å². The SMILES string of the molecule is COc1ccc(NC(=S)NCCCCCCNC(=S)Nc2ccc(OC)cc2)cc1. The molecule has 0 unspecified atom stereocenters. The smallest absolute Gasteiger partial charge is 0.170 e. The molecule has 0 aliphatic rings. The van der Waals surface area contributed by atoms with Crippen molar-refractivity contribution in [2.45, 2.75) is 25.7 Å². The maximum Gasteiger partial charge on any atom is 0.170 e. The van der Waals surface area contributed by atoms with Crippen molar-refractivity contribution >= 4 is 46.0 Å². The first kappa shape index (κ1) is 23.7. The van der Waals surface area contributed by atoms with Crippen LogP contribution in [0.5, 0.6) is 11.5 Å². The highest BCUT2D eigenvalue weighted by Gasteiger charge is 2.00. The number of ether oxygens (including phenoxy) is 2. The molecule has 0 atom stereocenters. The van der Waals surface area contributed by atoms with E-state index in [1.807, 2.05) is 48.5 Å². The van der Waals surface area contributed by atoms with Crippen LogP contribution in [0.4, 0.5) is 11.4 Å². The third-order valence-electron chi connectivity index (χ3n) is 4.37. The molecule has 0 amide bonds. The van der Waals surface area contributed by atoms with E-state index in [-0.39, 0.29) is 0 Å². The summed E-state index contributed by atoms with van der Waals surface area (Å²) in [6.07, 6.45) is 4.41. The van der Waals surface area contributed by atoms with Gasteiger partial charge in [-0.25, -0.2) is 0 Å². The molecule has 0 fully saturated rings. The Hall–Kier alpha value is -2.58. The predicted octanol–water partition coefficient (Wildman–Crippen LogP) is 4.54. The average molecular weight is 447 g/mol. The fraction of sp³-hybridized carbons (Fsp3) is 0.364. The Kier molecular flexibility index (Phi) is 10.7. The second-order valence-corrected chi connectivity index (χ2v) is 7.45. The molecular formula is C22H30N4O2S2. The zero-order valence-electron chi connectivity index (χ0n) is 17.5. The second-order valence-electron chi connectivity index (χ2n) is 6.63. The number of methoxy groups -OCH3 is 2. The Morgan fingerprint density at radius 2 is 1.00 bits per heavy atom. The van der Waals surface area contributed by atoms with Gasteiger partial charge in [0.1, 0.15) is 11.5 Å². The van der Waals surface area contributed by atoms with E-state index < -0.39 is 0 Å². The monoisotopic (exact) mass is 446 g/mol. The summed E-state index contributed by atoms with van der Waals surface area (Å²) < 4.78 is 10.3. The Labute approximate surface area is 189 Å². The minimum Gasteiger partial charge on any atom is -0.497 e. The fourth-order valence-electron chi connectivity index (χ4n) is 2.71. The van der Waals surface area contributed by atoms with Gasteiger partial charge >= 0.3 is 0 Å². The van der Waals surface area contributed by atoms with E-state index in [4.69, 9.17) is 33.9 Å². The van der Waals surface area contributed by atoms with Crippen molar-refractivity contribution < 1.29 is 9.47 Å². The molecule has 2 aromatic rings.